The Morgan fingerprint density at radius 1 is 0.951 bits per heavy atom. The van der Waals surface area contributed by atoms with Crippen molar-refractivity contribution in [3.05, 3.63) is 82.7 Å². The Hall–Kier alpha value is -3.43. The SMILES string of the molecule is C=C(/C=C(F)\C(F)=C(/C)F)c1c(OC)cc(OF)cc1OC.CCCC1CCC(c2cc(F)c(CF)c(F)c2)CC1. The van der Waals surface area contributed by atoms with Crippen LogP contribution in [-0.2, 0) is 6.67 Å². The Labute approximate surface area is 236 Å². The largest absolute Gasteiger partial charge is 0.496 e. The van der Waals surface area contributed by atoms with Gasteiger partial charge in [0.25, 0.3) is 0 Å². The highest BCUT2D eigenvalue weighted by molar-refractivity contribution is 5.81. The molecule has 0 aliphatic heterocycles. The van der Waals surface area contributed by atoms with Gasteiger partial charge in [-0.3, -0.25) is 4.94 Å². The van der Waals surface area contributed by atoms with Gasteiger partial charge in [-0.15, -0.1) is 0 Å². The highest BCUT2D eigenvalue weighted by Crippen LogP contribution is 2.40. The summed E-state index contributed by atoms with van der Waals surface area (Å²) < 4.78 is 101. The van der Waals surface area contributed by atoms with Crippen LogP contribution in [0.2, 0.25) is 0 Å². The minimum absolute atomic E-state index is 0.0578. The molecule has 0 unspecified atom stereocenters. The lowest BCUT2D eigenvalue weighted by Crippen LogP contribution is -2.14. The number of hydrogen-bond donors (Lipinski definition) is 0. The monoisotopic (exact) mass is 588 g/mol. The average molecular weight is 589 g/mol. The van der Waals surface area contributed by atoms with Gasteiger partial charge in [0, 0.05) is 16.7 Å². The zero-order valence-corrected chi connectivity index (χ0v) is 23.6. The highest BCUT2D eigenvalue weighted by Gasteiger charge is 2.24. The topological polar surface area (TPSA) is 27.7 Å². The second-order valence-electron chi connectivity index (χ2n) is 9.75. The minimum atomic E-state index is -1.64. The third-order valence-corrected chi connectivity index (χ3v) is 7.01. The molecular formula is C31H35F7O3. The molecule has 3 rings (SSSR count). The van der Waals surface area contributed by atoms with Gasteiger partial charge in [0.05, 0.1) is 25.3 Å². The van der Waals surface area contributed by atoms with Gasteiger partial charge < -0.3 is 9.47 Å². The van der Waals surface area contributed by atoms with E-state index in [0.717, 1.165) is 38.5 Å². The molecule has 0 saturated heterocycles. The van der Waals surface area contributed by atoms with E-state index in [9.17, 15) is 30.9 Å². The Balaban J connectivity index is 0.000000289. The third-order valence-electron chi connectivity index (χ3n) is 7.01. The highest BCUT2D eigenvalue weighted by atomic mass is 19.3. The van der Waals surface area contributed by atoms with E-state index in [0.29, 0.717) is 11.6 Å². The van der Waals surface area contributed by atoms with Crippen molar-refractivity contribution in [1.29, 1.82) is 0 Å². The molecule has 0 aromatic heterocycles. The van der Waals surface area contributed by atoms with Crippen molar-refractivity contribution in [1.82, 2.24) is 0 Å². The summed E-state index contributed by atoms with van der Waals surface area (Å²) in [5.74, 6) is -4.97. The predicted octanol–water partition coefficient (Wildman–Crippen LogP) is 10.5. The van der Waals surface area contributed by atoms with Crippen LogP contribution < -0.4 is 14.4 Å². The molecule has 1 saturated carbocycles. The van der Waals surface area contributed by atoms with Gasteiger partial charge in [-0.05, 0) is 73.8 Å². The molecule has 0 radical (unpaired) electrons. The first-order valence-corrected chi connectivity index (χ1v) is 13.2. The van der Waals surface area contributed by atoms with E-state index in [4.69, 9.17) is 9.47 Å². The van der Waals surface area contributed by atoms with Crippen molar-refractivity contribution in [3.63, 3.8) is 0 Å². The maximum absolute atomic E-state index is 13.6. The Kier molecular flexibility index (Phi) is 13.3. The summed E-state index contributed by atoms with van der Waals surface area (Å²) in [5.41, 5.74) is 0.337. The number of allylic oxidation sites excluding steroid dienone is 5. The lowest BCUT2D eigenvalue weighted by Gasteiger charge is -2.28. The quantitative estimate of drug-likeness (QED) is 0.204. The molecule has 1 fully saturated rings. The van der Waals surface area contributed by atoms with E-state index in [1.165, 1.54) is 51.3 Å². The van der Waals surface area contributed by atoms with Crippen LogP contribution in [0.4, 0.5) is 30.9 Å². The van der Waals surface area contributed by atoms with E-state index in [-0.39, 0.29) is 34.3 Å². The molecule has 0 bridgehead atoms. The molecule has 2 aromatic carbocycles. The summed E-state index contributed by atoms with van der Waals surface area (Å²) in [7, 11) is 2.56. The Bertz CT molecular complexity index is 1200. The first-order chi connectivity index (χ1) is 19.5. The van der Waals surface area contributed by atoms with E-state index in [1.807, 2.05) is 0 Å². The maximum Gasteiger partial charge on any atom is 0.189 e. The molecule has 0 spiro atoms. The molecule has 41 heavy (non-hydrogen) atoms. The van der Waals surface area contributed by atoms with Crippen LogP contribution >= 0.6 is 0 Å². The second kappa shape index (κ2) is 16.1. The molecule has 0 N–H and O–H groups in total. The number of hydrogen-bond acceptors (Lipinski definition) is 3. The lowest BCUT2D eigenvalue weighted by atomic mass is 9.77. The number of methoxy groups -OCH3 is 2. The van der Waals surface area contributed by atoms with Crippen LogP contribution in [0, 0.1) is 17.6 Å². The van der Waals surface area contributed by atoms with Gasteiger partial charge in [-0.2, -0.15) is 0 Å². The van der Waals surface area contributed by atoms with Gasteiger partial charge in [0.2, 0.25) is 0 Å². The minimum Gasteiger partial charge on any atom is -0.496 e. The number of benzene rings is 2. The summed E-state index contributed by atoms with van der Waals surface area (Å²) in [5, 5.41) is 0. The zero-order chi connectivity index (χ0) is 30.7. The van der Waals surface area contributed by atoms with Crippen LogP contribution in [0.1, 0.15) is 75.0 Å². The van der Waals surface area contributed by atoms with Crippen LogP contribution in [0.15, 0.2) is 54.4 Å². The van der Waals surface area contributed by atoms with E-state index >= 15 is 0 Å². The predicted molar refractivity (Wildman–Crippen MR) is 145 cm³/mol. The smallest absolute Gasteiger partial charge is 0.189 e. The molecule has 10 heteroatoms. The molecule has 2 aromatic rings. The molecular weight excluding hydrogens is 553 g/mol. The number of alkyl halides is 1. The Morgan fingerprint density at radius 3 is 1.90 bits per heavy atom. The molecule has 1 aliphatic carbocycles. The van der Waals surface area contributed by atoms with Crippen molar-refractivity contribution in [2.75, 3.05) is 14.2 Å². The number of rotatable bonds is 10. The molecule has 0 heterocycles. The van der Waals surface area contributed by atoms with E-state index in [1.54, 1.807) is 0 Å². The van der Waals surface area contributed by atoms with Crippen LogP contribution in [0.3, 0.4) is 0 Å². The summed E-state index contributed by atoms with van der Waals surface area (Å²) in [6, 6.07) is 4.98. The van der Waals surface area contributed by atoms with Crippen LogP contribution in [0.25, 0.3) is 5.57 Å². The van der Waals surface area contributed by atoms with Crippen LogP contribution in [-0.4, -0.2) is 14.2 Å². The zero-order valence-electron chi connectivity index (χ0n) is 23.6. The first kappa shape index (κ1) is 33.8. The fraction of sp³-hybridized carbons (Fsp3) is 0.419. The molecule has 226 valence electrons. The molecule has 0 atom stereocenters. The molecule has 0 amide bonds. The van der Waals surface area contributed by atoms with Crippen molar-refractivity contribution < 1.29 is 45.3 Å². The molecule has 3 nitrogen and oxygen atoms in total. The fourth-order valence-electron chi connectivity index (χ4n) is 4.88. The van der Waals surface area contributed by atoms with Gasteiger partial charge in [-0.25, -0.2) is 26.3 Å². The lowest BCUT2D eigenvalue weighted by molar-refractivity contribution is -0.00664. The fourth-order valence-corrected chi connectivity index (χ4v) is 4.88. The summed E-state index contributed by atoms with van der Waals surface area (Å²) in [6.07, 6.45) is 7.35. The third kappa shape index (κ3) is 9.03. The summed E-state index contributed by atoms with van der Waals surface area (Å²) in [4.78, 5) is 3.59. The van der Waals surface area contributed by atoms with E-state index < -0.39 is 41.4 Å². The van der Waals surface area contributed by atoms with Crippen molar-refractivity contribution in [2.24, 2.45) is 5.92 Å². The standard InChI is InChI=1S/C16H21F3.C15H14F4O3/c1-2-3-11-4-6-12(7-5-11)13-8-15(18)14(10-17)16(19)9-13;1-8(5-11(17)15(18)9(2)16)14-12(20-3)6-10(22-19)7-13(14)21-4/h8-9,11-12H,2-7,10H2,1H3;5-7H,1H2,2-4H3/b;11-5+,15-9-. The maximum atomic E-state index is 13.6. The van der Waals surface area contributed by atoms with Gasteiger partial charge in [-0.1, -0.05) is 26.3 Å². The van der Waals surface area contributed by atoms with Crippen molar-refractivity contribution in [3.8, 4) is 17.2 Å². The van der Waals surface area contributed by atoms with Gasteiger partial charge in [0.15, 0.2) is 17.4 Å². The average Bonchev–Trinajstić information content (AvgIpc) is 2.96. The summed E-state index contributed by atoms with van der Waals surface area (Å²) >= 11 is 0. The van der Waals surface area contributed by atoms with Gasteiger partial charge in [0.1, 0.15) is 35.6 Å². The second-order valence-corrected chi connectivity index (χ2v) is 9.75. The Morgan fingerprint density at radius 2 is 1.49 bits per heavy atom. The first-order valence-electron chi connectivity index (χ1n) is 13.2. The molecule has 1 aliphatic rings. The summed E-state index contributed by atoms with van der Waals surface area (Å²) in [6.45, 7) is 5.44. The van der Waals surface area contributed by atoms with Gasteiger partial charge >= 0.3 is 0 Å². The number of halogens is 7. The number of ether oxygens (including phenoxy) is 2. The van der Waals surface area contributed by atoms with E-state index in [2.05, 4.69) is 18.4 Å². The van der Waals surface area contributed by atoms with Crippen molar-refractivity contribution >= 4 is 5.57 Å². The van der Waals surface area contributed by atoms with Crippen LogP contribution in [0.5, 0.6) is 17.2 Å². The van der Waals surface area contributed by atoms with Crippen molar-refractivity contribution in [2.45, 2.75) is 65.0 Å². The normalized spacial score (nSPS) is 17.7.